The van der Waals surface area contributed by atoms with Crippen LogP contribution in [0.5, 0.6) is 0 Å². The third kappa shape index (κ3) is 3.16. The summed E-state index contributed by atoms with van der Waals surface area (Å²) in [6.07, 6.45) is 3.19. The number of nitrogens with one attached hydrogen (secondary N) is 2. The van der Waals surface area contributed by atoms with Gasteiger partial charge in [0, 0.05) is 30.9 Å². The number of carboxylic acid groups (broad SMARTS) is 1. The maximum Gasteiger partial charge on any atom is 0.308 e. The summed E-state index contributed by atoms with van der Waals surface area (Å²) in [6.45, 7) is 3.11. The maximum absolute atomic E-state index is 11.2. The first kappa shape index (κ1) is 14.3. The molecule has 1 aliphatic heterocycles. The van der Waals surface area contributed by atoms with Crippen LogP contribution in [-0.2, 0) is 4.79 Å². The second kappa shape index (κ2) is 6.00. The third-order valence-electron chi connectivity index (χ3n) is 3.66. The fourth-order valence-electron chi connectivity index (χ4n) is 2.58. The van der Waals surface area contributed by atoms with Gasteiger partial charge in [0.15, 0.2) is 0 Å². The second-order valence-corrected chi connectivity index (χ2v) is 5.41. The molecule has 0 spiro atoms. The highest BCUT2D eigenvalue weighted by Gasteiger charge is 2.27. The molecule has 1 atom stereocenters. The van der Waals surface area contributed by atoms with Gasteiger partial charge in [0.25, 0.3) is 0 Å². The maximum atomic E-state index is 11.2. The number of aromatic amines is 1. The largest absolute Gasteiger partial charge is 0.481 e. The molecule has 0 bridgehead atoms. The Hall–Kier alpha value is -2.64. The third-order valence-corrected chi connectivity index (χ3v) is 3.66. The zero-order valence-corrected chi connectivity index (χ0v) is 12.3. The van der Waals surface area contributed by atoms with Crippen LogP contribution < -0.4 is 10.2 Å². The molecule has 2 aromatic rings. The number of hydrogen-bond acceptors (Lipinski definition) is 6. The van der Waals surface area contributed by atoms with Crippen LogP contribution in [-0.4, -0.2) is 44.3 Å². The molecular formula is C14H18N6O2. The van der Waals surface area contributed by atoms with Crippen molar-refractivity contribution in [2.45, 2.75) is 19.8 Å². The van der Waals surface area contributed by atoms with Crippen LogP contribution in [0.15, 0.2) is 18.3 Å². The molecule has 0 aliphatic carbocycles. The Bertz CT molecular complexity index is 657. The quantitative estimate of drug-likeness (QED) is 0.786. The Morgan fingerprint density at radius 3 is 3.09 bits per heavy atom. The number of hydrogen-bond donors (Lipinski definition) is 3. The van der Waals surface area contributed by atoms with Gasteiger partial charge in [0.1, 0.15) is 11.6 Å². The smallest absolute Gasteiger partial charge is 0.308 e. The van der Waals surface area contributed by atoms with Crippen LogP contribution in [0.1, 0.15) is 18.5 Å². The molecular weight excluding hydrogens is 284 g/mol. The van der Waals surface area contributed by atoms with Crippen LogP contribution in [0.3, 0.4) is 0 Å². The molecule has 2 aromatic heterocycles. The van der Waals surface area contributed by atoms with Gasteiger partial charge in [0.05, 0.1) is 12.1 Å². The summed E-state index contributed by atoms with van der Waals surface area (Å²) in [5, 5.41) is 19.0. The number of aryl methyl sites for hydroxylation is 1. The van der Waals surface area contributed by atoms with Crippen LogP contribution >= 0.6 is 0 Å². The van der Waals surface area contributed by atoms with E-state index in [1.165, 1.54) is 0 Å². The number of aliphatic carboxylic acids is 1. The molecule has 0 amide bonds. The zero-order valence-electron chi connectivity index (χ0n) is 12.3. The van der Waals surface area contributed by atoms with Gasteiger partial charge in [-0.1, -0.05) is 0 Å². The highest BCUT2D eigenvalue weighted by molar-refractivity contribution is 5.71. The van der Waals surface area contributed by atoms with E-state index in [0.29, 0.717) is 24.7 Å². The van der Waals surface area contributed by atoms with Crippen molar-refractivity contribution in [1.82, 2.24) is 20.2 Å². The zero-order chi connectivity index (χ0) is 15.5. The molecule has 8 nitrogen and oxygen atoms in total. The lowest BCUT2D eigenvalue weighted by atomic mass is 9.99. The van der Waals surface area contributed by atoms with E-state index in [-0.39, 0.29) is 5.92 Å². The summed E-state index contributed by atoms with van der Waals surface area (Å²) in [5.74, 6) is 0.846. The Balaban J connectivity index is 1.81. The molecule has 1 aliphatic rings. The number of carbonyl (C=O) groups is 1. The van der Waals surface area contributed by atoms with Crippen molar-refractivity contribution >= 4 is 23.6 Å². The molecule has 0 aromatic carbocycles. The number of aromatic nitrogens is 4. The number of H-pyrrole nitrogens is 1. The number of nitrogens with zero attached hydrogens (tertiary/aromatic N) is 4. The first-order valence-corrected chi connectivity index (χ1v) is 7.21. The van der Waals surface area contributed by atoms with Crippen LogP contribution in [0.25, 0.3) is 0 Å². The van der Waals surface area contributed by atoms with Gasteiger partial charge in [0.2, 0.25) is 5.95 Å². The van der Waals surface area contributed by atoms with Crippen molar-refractivity contribution in [3.8, 4) is 0 Å². The van der Waals surface area contributed by atoms with Gasteiger partial charge in [-0.15, -0.1) is 0 Å². The summed E-state index contributed by atoms with van der Waals surface area (Å²) in [7, 11) is 0. The van der Waals surface area contributed by atoms with Crippen molar-refractivity contribution in [3.63, 3.8) is 0 Å². The number of rotatable bonds is 4. The molecule has 3 heterocycles. The summed E-state index contributed by atoms with van der Waals surface area (Å²) in [4.78, 5) is 22.0. The van der Waals surface area contributed by atoms with Crippen LogP contribution in [0, 0.1) is 12.8 Å². The fourth-order valence-corrected chi connectivity index (χ4v) is 2.58. The first-order chi connectivity index (χ1) is 10.6. The van der Waals surface area contributed by atoms with Crippen molar-refractivity contribution < 1.29 is 9.90 Å². The Morgan fingerprint density at radius 1 is 1.50 bits per heavy atom. The molecule has 3 N–H and O–H groups in total. The second-order valence-electron chi connectivity index (χ2n) is 5.41. The van der Waals surface area contributed by atoms with E-state index in [1.54, 1.807) is 12.3 Å². The van der Waals surface area contributed by atoms with E-state index in [1.807, 2.05) is 17.9 Å². The van der Waals surface area contributed by atoms with E-state index >= 15 is 0 Å². The molecule has 3 rings (SSSR count). The molecule has 8 heteroatoms. The standard InChI is InChI=1S/C14H18N6O2/c1-9-7-12(17-11-4-5-15-19-11)18-14(16-9)20-6-2-3-10(8-20)13(21)22/h4-5,7,10H,2-3,6,8H2,1H3,(H,21,22)(H2,15,16,17,18,19)/t10-/m0/s1. The van der Waals surface area contributed by atoms with Crippen molar-refractivity contribution in [3.05, 3.63) is 24.0 Å². The lowest BCUT2D eigenvalue weighted by molar-refractivity contribution is -0.141. The minimum atomic E-state index is -0.756. The molecule has 0 saturated carbocycles. The molecule has 0 radical (unpaired) electrons. The van der Waals surface area contributed by atoms with Crippen LogP contribution in [0.2, 0.25) is 0 Å². The average Bonchev–Trinajstić information content (AvgIpc) is 2.99. The average molecular weight is 302 g/mol. The SMILES string of the molecule is Cc1cc(Nc2ccn[nH]2)nc(N2CCC[C@H](C(=O)O)C2)n1. The fraction of sp³-hybridized carbons (Fsp3) is 0.429. The molecule has 116 valence electrons. The highest BCUT2D eigenvalue weighted by Crippen LogP contribution is 2.23. The van der Waals surface area contributed by atoms with E-state index in [4.69, 9.17) is 0 Å². The number of piperidine rings is 1. The Kier molecular flexibility index (Phi) is 3.90. The minimum absolute atomic E-state index is 0.359. The number of anilines is 3. The summed E-state index contributed by atoms with van der Waals surface area (Å²) >= 11 is 0. The van der Waals surface area contributed by atoms with Gasteiger partial charge in [-0.2, -0.15) is 10.1 Å². The summed E-state index contributed by atoms with van der Waals surface area (Å²) < 4.78 is 0. The molecule has 1 saturated heterocycles. The first-order valence-electron chi connectivity index (χ1n) is 7.21. The lowest BCUT2D eigenvalue weighted by Gasteiger charge is -2.31. The Labute approximate surface area is 127 Å². The molecule has 0 unspecified atom stereocenters. The van der Waals surface area contributed by atoms with Crippen molar-refractivity contribution in [2.75, 3.05) is 23.3 Å². The van der Waals surface area contributed by atoms with Crippen molar-refractivity contribution in [2.24, 2.45) is 5.92 Å². The predicted molar refractivity (Wildman–Crippen MR) is 81.2 cm³/mol. The normalized spacial score (nSPS) is 18.2. The molecule has 1 fully saturated rings. The summed E-state index contributed by atoms with van der Waals surface area (Å²) in [5.41, 5.74) is 0.824. The Morgan fingerprint density at radius 2 is 2.36 bits per heavy atom. The minimum Gasteiger partial charge on any atom is -0.481 e. The highest BCUT2D eigenvalue weighted by atomic mass is 16.4. The van der Waals surface area contributed by atoms with E-state index in [0.717, 1.165) is 24.5 Å². The number of carboxylic acids is 1. The van der Waals surface area contributed by atoms with Gasteiger partial charge in [-0.25, -0.2) is 4.98 Å². The van der Waals surface area contributed by atoms with Gasteiger partial charge in [-0.05, 0) is 19.8 Å². The monoisotopic (exact) mass is 302 g/mol. The van der Waals surface area contributed by atoms with Gasteiger partial charge < -0.3 is 15.3 Å². The topological polar surface area (TPSA) is 107 Å². The van der Waals surface area contributed by atoms with E-state index < -0.39 is 5.97 Å². The molecule has 22 heavy (non-hydrogen) atoms. The van der Waals surface area contributed by atoms with E-state index in [2.05, 4.69) is 25.5 Å². The predicted octanol–water partition coefficient (Wildman–Crippen LogP) is 1.55. The van der Waals surface area contributed by atoms with Crippen LogP contribution in [0.4, 0.5) is 17.6 Å². The van der Waals surface area contributed by atoms with Gasteiger partial charge >= 0.3 is 5.97 Å². The van der Waals surface area contributed by atoms with Crippen molar-refractivity contribution in [1.29, 1.82) is 0 Å². The van der Waals surface area contributed by atoms with Gasteiger partial charge in [-0.3, -0.25) is 9.89 Å². The van der Waals surface area contributed by atoms with E-state index in [9.17, 15) is 9.90 Å². The lowest BCUT2D eigenvalue weighted by Crippen LogP contribution is -2.39. The summed E-state index contributed by atoms with van der Waals surface area (Å²) in [6, 6.07) is 3.64.